The Morgan fingerprint density at radius 2 is 1.53 bits per heavy atom. The molecule has 0 unspecified atom stereocenters. The monoisotopic (exact) mass is 344 g/mol. The van der Waals surface area contributed by atoms with Gasteiger partial charge in [-0.2, -0.15) is 0 Å². The molecule has 0 radical (unpaired) electrons. The summed E-state index contributed by atoms with van der Waals surface area (Å²) in [6.07, 6.45) is 0.576. The third kappa shape index (κ3) is 2.46. The van der Waals surface area contributed by atoms with Crippen molar-refractivity contribution in [3.63, 3.8) is 0 Å². The summed E-state index contributed by atoms with van der Waals surface area (Å²) in [6.45, 7) is 0. The molecule has 0 heterocycles. The summed E-state index contributed by atoms with van der Waals surface area (Å²) >= 11 is 0. The van der Waals surface area contributed by atoms with E-state index in [1.807, 2.05) is 0 Å². The Kier molecular flexibility index (Phi) is 3.85. The number of ketones is 2. The van der Waals surface area contributed by atoms with Gasteiger partial charge in [0, 0.05) is 17.2 Å². The molecule has 0 bridgehead atoms. The van der Waals surface area contributed by atoms with Crippen molar-refractivity contribution in [3.05, 3.63) is 41.5 Å². The number of allylic oxidation sites excluding steroid dienone is 1. The Bertz CT molecular complexity index is 630. The number of fused-ring (bicyclic) bond motifs is 1. The van der Waals surface area contributed by atoms with Gasteiger partial charge in [-0.15, -0.1) is 0 Å². The fourth-order valence-corrected chi connectivity index (χ4v) is 2.20. The molecule has 7 heteroatoms. The first-order valence-corrected chi connectivity index (χ1v) is 5.68. The van der Waals surface area contributed by atoms with Gasteiger partial charge >= 0.3 is 22.4 Å². The molecule has 0 saturated carbocycles. The fourth-order valence-electron chi connectivity index (χ4n) is 1.50. The zero-order valence-electron chi connectivity index (χ0n) is 8.14. The quantitative estimate of drug-likeness (QED) is 0.416. The van der Waals surface area contributed by atoms with Crippen LogP contribution in [-0.4, -0.2) is 24.5 Å². The largest absolute Gasteiger partial charge is 1.00 e. The van der Waals surface area contributed by atoms with Crippen LogP contribution in [0.5, 0.6) is 0 Å². The summed E-state index contributed by atoms with van der Waals surface area (Å²) < 4.78 is 32.7. The van der Waals surface area contributed by atoms with Gasteiger partial charge in [-0.3, -0.25) is 9.59 Å². The van der Waals surface area contributed by atoms with Crippen LogP contribution in [0.1, 0.15) is 15.9 Å². The molecule has 0 N–H and O–H groups in total. The molecule has 17 heavy (non-hydrogen) atoms. The molecule has 1 aliphatic rings. The molecular weight excluding hydrogens is 340 g/mol. The number of benzene rings is 1. The van der Waals surface area contributed by atoms with Crippen molar-refractivity contribution < 1.29 is 44.9 Å². The fraction of sp³-hybridized carbons (Fsp3) is 0. The number of hydrogen-bond donors (Lipinski definition) is 0. The maximum absolute atomic E-state index is 11.4. The molecule has 0 aromatic heterocycles. The summed E-state index contributed by atoms with van der Waals surface area (Å²) in [4.78, 5) is 21.9. The maximum atomic E-state index is 11.4. The van der Waals surface area contributed by atoms with Crippen LogP contribution >= 0.6 is 0 Å². The minimum atomic E-state index is -4.76. The van der Waals surface area contributed by atoms with Crippen molar-refractivity contribution >= 4 is 26.6 Å². The smallest absolute Gasteiger partial charge is 0.744 e. The molecule has 0 saturated heterocycles. The van der Waals surface area contributed by atoms with E-state index >= 15 is 0 Å². The second-order valence-electron chi connectivity index (χ2n) is 3.20. The third-order valence-electron chi connectivity index (χ3n) is 2.19. The first-order valence-electron chi connectivity index (χ1n) is 4.27. The molecule has 0 amide bonds. The van der Waals surface area contributed by atoms with Crippen LogP contribution < -0.4 is 0 Å². The van der Waals surface area contributed by atoms with E-state index in [0.717, 1.165) is 0 Å². The zero-order chi connectivity index (χ0) is 11.9. The van der Waals surface area contributed by atoms with Crippen molar-refractivity contribution in [3.8, 4) is 0 Å². The normalized spacial score (nSPS) is 14.8. The summed E-state index contributed by atoms with van der Waals surface area (Å²) in [5.74, 6) is -1.80. The van der Waals surface area contributed by atoms with Crippen LogP contribution in [0.4, 0.5) is 0 Å². The molecule has 0 atom stereocenters. The average Bonchev–Trinajstić information content (AvgIpc) is 2.22. The molecule has 0 spiro atoms. The van der Waals surface area contributed by atoms with Crippen molar-refractivity contribution in [2.75, 3.05) is 0 Å². The van der Waals surface area contributed by atoms with Gasteiger partial charge < -0.3 is 4.55 Å². The van der Waals surface area contributed by atoms with Crippen molar-refractivity contribution in [2.24, 2.45) is 0 Å². The van der Waals surface area contributed by atoms with Gasteiger partial charge in [-0.25, -0.2) is 8.42 Å². The molecule has 2 rings (SSSR count). The van der Waals surface area contributed by atoms with E-state index in [4.69, 9.17) is 0 Å². The first-order chi connectivity index (χ1) is 7.41. The van der Waals surface area contributed by atoms with Crippen LogP contribution in [0.2, 0.25) is 0 Å². The summed E-state index contributed by atoms with van der Waals surface area (Å²) in [5.41, 5.74) is -0.0634. The summed E-state index contributed by atoms with van der Waals surface area (Å²) in [7, 11) is -4.76. The van der Waals surface area contributed by atoms with Crippen LogP contribution in [0.3, 0.4) is 0 Å². The molecule has 1 aromatic carbocycles. The van der Waals surface area contributed by atoms with Crippen molar-refractivity contribution in [2.45, 2.75) is 0 Å². The van der Waals surface area contributed by atoms with Crippen LogP contribution in [0.15, 0.2) is 30.3 Å². The predicted octanol–water partition coefficient (Wildman–Crippen LogP) is 0.336. The standard InChI is InChI=1S/C10H6O5S.Ag/c11-8-5-9(16(13,14)15)6-3-1-2-4-7(6)10(8)12;/h1-5H,(H,13,14,15);/q;+1/p-1. The molecule has 92 valence electrons. The van der Waals surface area contributed by atoms with Gasteiger partial charge in [0.2, 0.25) is 11.6 Å². The Labute approximate surface area is 113 Å². The third-order valence-corrected chi connectivity index (χ3v) is 3.07. The Morgan fingerprint density at radius 3 is 2.06 bits per heavy atom. The average molecular weight is 345 g/mol. The second-order valence-corrected chi connectivity index (χ2v) is 4.55. The Balaban J connectivity index is 0.00000144. The molecular formula is C10H5AgO5S. The summed E-state index contributed by atoms with van der Waals surface area (Å²) in [5, 5.41) is 0. The number of hydrogen-bond acceptors (Lipinski definition) is 5. The van der Waals surface area contributed by atoms with Gasteiger partial charge in [0.05, 0.1) is 4.91 Å². The molecule has 0 fully saturated rings. The van der Waals surface area contributed by atoms with Gasteiger partial charge in [0.1, 0.15) is 10.1 Å². The SMILES string of the molecule is O=C1C=C(S(=O)(=O)[O-])c2ccccc2C1=O.[Ag+]. The molecule has 1 aliphatic carbocycles. The predicted molar refractivity (Wildman–Crippen MR) is 53.5 cm³/mol. The minimum Gasteiger partial charge on any atom is -0.744 e. The topological polar surface area (TPSA) is 91.3 Å². The Hall–Kier alpha value is -1.05. The van der Waals surface area contributed by atoms with Crippen LogP contribution in [-0.2, 0) is 37.3 Å². The van der Waals surface area contributed by atoms with Gasteiger partial charge in [0.25, 0.3) is 0 Å². The van der Waals surface area contributed by atoms with E-state index in [1.165, 1.54) is 24.3 Å². The van der Waals surface area contributed by atoms with Crippen LogP contribution in [0, 0.1) is 0 Å². The van der Waals surface area contributed by atoms with Crippen LogP contribution in [0.25, 0.3) is 4.91 Å². The first kappa shape index (κ1) is 14.0. The minimum absolute atomic E-state index is 0. The van der Waals surface area contributed by atoms with Crippen molar-refractivity contribution in [1.82, 2.24) is 0 Å². The van der Waals surface area contributed by atoms with E-state index in [1.54, 1.807) is 0 Å². The van der Waals surface area contributed by atoms with E-state index in [-0.39, 0.29) is 33.5 Å². The number of carbonyl (C=O) groups is 2. The Morgan fingerprint density at radius 1 is 1.00 bits per heavy atom. The van der Waals surface area contributed by atoms with Crippen molar-refractivity contribution in [1.29, 1.82) is 0 Å². The van der Waals surface area contributed by atoms with E-state index < -0.39 is 26.6 Å². The zero-order valence-corrected chi connectivity index (χ0v) is 10.4. The number of rotatable bonds is 1. The van der Waals surface area contributed by atoms with Gasteiger partial charge in [-0.1, -0.05) is 24.3 Å². The molecule has 5 nitrogen and oxygen atoms in total. The molecule has 1 aromatic rings. The van der Waals surface area contributed by atoms with E-state index in [9.17, 15) is 22.6 Å². The second kappa shape index (κ2) is 4.67. The maximum Gasteiger partial charge on any atom is 1.00 e. The summed E-state index contributed by atoms with van der Waals surface area (Å²) in [6, 6.07) is 5.61. The number of Topliss-reactive ketones (excluding diaryl/α,β-unsaturated/α-hetero) is 1. The number of carbonyl (C=O) groups excluding carboxylic acids is 2. The van der Waals surface area contributed by atoms with Gasteiger partial charge in [0.15, 0.2) is 0 Å². The van der Waals surface area contributed by atoms with Gasteiger partial charge in [-0.05, 0) is 0 Å². The molecule has 0 aliphatic heterocycles. The van der Waals surface area contributed by atoms with E-state index in [2.05, 4.69) is 0 Å². The van der Waals surface area contributed by atoms with E-state index in [0.29, 0.717) is 6.08 Å².